The maximum absolute atomic E-state index is 13.9. The summed E-state index contributed by atoms with van der Waals surface area (Å²) in [5.41, 5.74) is -0.868. The molecular weight excluding hydrogens is 279 g/mol. The molecule has 1 aliphatic rings. The molecule has 1 aromatic carbocycles. The third kappa shape index (κ3) is 3.12. The molecule has 0 radical (unpaired) electrons. The smallest absolute Gasteiger partial charge is 0.338 e. The molecule has 21 heavy (non-hydrogen) atoms. The monoisotopic (exact) mass is 296 g/mol. The maximum Gasteiger partial charge on any atom is 0.338 e. The average Bonchev–Trinajstić information content (AvgIpc) is 2.62. The Hall–Kier alpha value is -2.18. The van der Waals surface area contributed by atoms with Crippen LogP contribution in [-0.4, -0.2) is 28.6 Å². The number of anilines is 1. The summed E-state index contributed by atoms with van der Waals surface area (Å²) in [6, 6.07) is 1.84. The standard InChI is InChI=1S/C14H17FN2O4/c1-9-5-3-2-4-6-16(9)12-8-11(15)10(14(18)19)7-13(12)17(20)21/h7-9H,2-6H2,1H3,(H,18,19). The summed E-state index contributed by atoms with van der Waals surface area (Å²) in [6.45, 7) is 2.55. The van der Waals surface area contributed by atoms with Gasteiger partial charge in [0.05, 0.1) is 4.92 Å². The van der Waals surface area contributed by atoms with Gasteiger partial charge in [-0.3, -0.25) is 10.1 Å². The van der Waals surface area contributed by atoms with E-state index in [2.05, 4.69) is 0 Å². The Morgan fingerprint density at radius 2 is 2.14 bits per heavy atom. The van der Waals surface area contributed by atoms with Crippen molar-refractivity contribution in [2.75, 3.05) is 11.4 Å². The molecule has 1 unspecified atom stereocenters. The summed E-state index contributed by atoms with van der Waals surface area (Å²) < 4.78 is 13.9. The SMILES string of the molecule is CC1CCCCCN1c1cc(F)c(C(=O)O)cc1[N+](=O)[O-]. The first-order valence-electron chi connectivity index (χ1n) is 6.89. The van der Waals surface area contributed by atoms with Gasteiger partial charge in [-0.15, -0.1) is 0 Å². The van der Waals surface area contributed by atoms with E-state index >= 15 is 0 Å². The zero-order valence-electron chi connectivity index (χ0n) is 11.7. The number of halogens is 1. The lowest BCUT2D eigenvalue weighted by Crippen LogP contribution is -2.33. The zero-order chi connectivity index (χ0) is 15.6. The summed E-state index contributed by atoms with van der Waals surface area (Å²) >= 11 is 0. The van der Waals surface area contributed by atoms with Crippen molar-refractivity contribution in [2.24, 2.45) is 0 Å². The molecule has 0 saturated carbocycles. The van der Waals surface area contributed by atoms with E-state index in [0.29, 0.717) is 6.54 Å². The minimum atomic E-state index is -1.51. The van der Waals surface area contributed by atoms with Crippen LogP contribution in [0.5, 0.6) is 0 Å². The number of benzene rings is 1. The third-order valence-electron chi connectivity index (χ3n) is 3.85. The van der Waals surface area contributed by atoms with Crippen molar-refractivity contribution >= 4 is 17.3 Å². The van der Waals surface area contributed by atoms with E-state index in [1.165, 1.54) is 0 Å². The Morgan fingerprint density at radius 1 is 1.43 bits per heavy atom. The second-order valence-electron chi connectivity index (χ2n) is 5.27. The van der Waals surface area contributed by atoms with Crippen molar-refractivity contribution in [2.45, 2.75) is 38.6 Å². The Kier molecular flexibility index (Phi) is 4.40. The molecule has 1 heterocycles. The predicted molar refractivity (Wildman–Crippen MR) is 75.3 cm³/mol. The molecule has 7 heteroatoms. The number of carbonyl (C=O) groups is 1. The number of nitro benzene ring substituents is 1. The van der Waals surface area contributed by atoms with E-state index < -0.39 is 22.3 Å². The predicted octanol–water partition coefficient (Wildman–Crippen LogP) is 3.20. The normalized spacial score (nSPS) is 19.1. The van der Waals surface area contributed by atoms with Crippen LogP contribution in [0.1, 0.15) is 43.0 Å². The van der Waals surface area contributed by atoms with Gasteiger partial charge in [0, 0.05) is 24.7 Å². The zero-order valence-corrected chi connectivity index (χ0v) is 11.7. The van der Waals surface area contributed by atoms with Gasteiger partial charge in [0.1, 0.15) is 17.1 Å². The van der Waals surface area contributed by atoms with Crippen molar-refractivity contribution in [3.8, 4) is 0 Å². The van der Waals surface area contributed by atoms with Crippen LogP contribution < -0.4 is 4.90 Å². The van der Waals surface area contributed by atoms with E-state index in [1.54, 1.807) is 4.90 Å². The quantitative estimate of drug-likeness (QED) is 0.684. The van der Waals surface area contributed by atoms with Crippen LogP contribution in [0, 0.1) is 15.9 Å². The van der Waals surface area contributed by atoms with Crippen LogP contribution in [0.25, 0.3) is 0 Å². The van der Waals surface area contributed by atoms with Crippen LogP contribution in [0.3, 0.4) is 0 Å². The van der Waals surface area contributed by atoms with E-state index in [4.69, 9.17) is 5.11 Å². The first kappa shape index (κ1) is 15.2. The second-order valence-corrected chi connectivity index (χ2v) is 5.27. The van der Waals surface area contributed by atoms with E-state index in [0.717, 1.165) is 37.8 Å². The van der Waals surface area contributed by atoms with Crippen LogP contribution in [0.4, 0.5) is 15.8 Å². The van der Waals surface area contributed by atoms with Crippen molar-refractivity contribution in [3.63, 3.8) is 0 Å². The Morgan fingerprint density at radius 3 is 2.76 bits per heavy atom. The number of nitrogens with zero attached hydrogens (tertiary/aromatic N) is 2. The van der Waals surface area contributed by atoms with Gasteiger partial charge in [-0.2, -0.15) is 0 Å². The fraction of sp³-hybridized carbons (Fsp3) is 0.500. The topological polar surface area (TPSA) is 83.7 Å². The summed E-state index contributed by atoms with van der Waals surface area (Å²) in [4.78, 5) is 23.3. The van der Waals surface area contributed by atoms with Gasteiger partial charge in [-0.1, -0.05) is 12.8 Å². The van der Waals surface area contributed by atoms with Crippen molar-refractivity contribution in [1.29, 1.82) is 0 Å². The van der Waals surface area contributed by atoms with Crippen LogP contribution in [-0.2, 0) is 0 Å². The lowest BCUT2D eigenvalue weighted by atomic mass is 10.1. The number of carboxylic acids is 1. The molecule has 0 bridgehead atoms. The molecule has 1 fully saturated rings. The number of aromatic carboxylic acids is 1. The molecule has 0 aromatic heterocycles. The molecule has 114 valence electrons. The molecular formula is C14H17FN2O4. The molecule has 0 amide bonds. The molecule has 1 atom stereocenters. The van der Waals surface area contributed by atoms with Crippen molar-refractivity contribution in [3.05, 3.63) is 33.6 Å². The summed E-state index contributed by atoms with van der Waals surface area (Å²) in [6.07, 6.45) is 3.81. The van der Waals surface area contributed by atoms with Gasteiger partial charge in [-0.25, -0.2) is 9.18 Å². The van der Waals surface area contributed by atoms with E-state index in [1.807, 2.05) is 6.92 Å². The molecule has 1 saturated heterocycles. The highest BCUT2D eigenvalue weighted by Gasteiger charge is 2.28. The van der Waals surface area contributed by atoms with Crippen molar-refractivity contribution < 1.29 is 19.2 Å². The lowest BCUT2D eigenvalue weighted by Gasteiger charge is -2.29. The first-order valence-corrected chi connectivity index (χ1v) is 6.89. The highest BCUT2D eigenvalue weighted by Crippen LogP contribution is 2.34. The van der Waals surface area contributed by atoms with E-state index in [-0.39, 0.29) is 17.4 Å². The molecule has 6 nitrogen and oxygen atoms in total. The Labute approximate surface area is 121 Å². The van der Waals surface area contributed by atoms with Crippen molar-refractivity contribution in [1.82, 2.24) is 0 Å². The van der Waals surface area contributed by atoms with Crippen LogP contribution in [0.15, 0.2) is 12.1 Å². The number of carboxylic acid groups (broad SMARTS) is 1. The van der Waals surface area contributed by atoms with Crippen LogP contribution >= 0.6 is 0 Å². The number of nitro groups is 1. The second kappa shape index (κ2) is 6.07. The van der Waals surface area contributed by atoms with E-state index in [9.17, 15) is 19.3 Å². The highest BCUT2D eigenvalue weighted by atomic mass is 19.1. The molecule has 1 aliphatic heterocycles. The molecule has 1 N–H and O–H groups in total. The fourth-order valence-electron chi connectivity index (χ4n) is 2.72. The number of hydrogen-bond acceptors (Lipinski definition) is 4. The minimum Gasteiger partial charge on any atom is -0.478 e. The van der Waals surface area contributed by atoms with Gasteiger partial charge in [0.2, 0.25) is 0 Å². The summed E-state index contributed by atoms with van der Waals surface area (Å²) in [5, 5.41) is 20.1. The average molecular weight is 296 g/mol. The van der Waals surface area contributed by atoms with Gasteiger partial charge >= 0.3 is 5.97 Å². The first-order chi connectivity index (χ1) is 9.91. The molecule has 1 aromatic rings. The Bertz CT molecular complexity index is 576. The maximum atomic E-state index is 13.9. The van der Waals surface area contributed by atoms with Gasteiger partial charge in [-0.05, 0) is 19.8 Å². The van der Waals surface area contributed by atoms with Gasteiger partial charge < -0.3 is 10.0 Å². The minimum absolute atomic E-state index is 0.0567. The third-order valence-corrected chi connectivity index (χ3v) is 3.85. The summed E-state index contributed by atoms with van der Waals surface area (Å²) in [7, 11) is 0. The number of hydrogen-bond donors (Lipinski definition) is 1. The van der Waals surface area contributed by atoms with Gasteiger partial charge in [0.15, 0.2) is 0 Å². The molecule has 0 spiro atoms. The highest BCUT2D eigenvalue weighted by molar-refractivity contribution is 5.90. The number of rotatable bonds is 3. The lowest BCUT2D eigenvalue weighted by molar-refractivity contribution is -0.384. The fourth-order valence-corrected chi connectivity index (χ4v) is 2.72. The molecule has 0 aliphatic carbocycles. The van der Waals surface area contributed by atoms with Gasteiger partial charge in [0.25, 0.3) is 5.69 Å². The Balaban J connectivity index is 2.53. The molecule has 2 rings (SSSR count). The summed E-state index contributed by atoms with van der Waals surface area (Å²) in [5.74, 6) is -2.45. The largest absolute Gasteiger partial charge is 0.478 e. The van der Waals surface area contributed by atoms with Crippen LogP contribution in [0.2, 0.25) is 0 Å².